The molecule has 2 rings (SSSR count). The van der Waals surface area contributed by atoms with Crippen molar-refractivity contribution in [2.24, 2.45) is 0 Å². The van der Waals surface area contributed by atoms with E-state index in [9.17, 15) is 0 Å². The fraction of sp³-hybridized carbons (Fsp3) is 0.538. The first-order valence-corrected chi connectivity index (χ1v) is 6.79. The number of fused-ring (bicyclic) bond motifs is 1. The third-order valence-corrected chi connectivity index (χ3v) is 3.28. The van der Waals surface area contributed by atoms with Gasteiger partial charge in [-0.3, -0.25) is 0 Å². The molecule has 0 heterocycles. The molecule has 0 saturated heterocycles. The zero-order valence-electron chi connectivity index (χ0n) is 8.92. The maximum Gasteiger partial charge on any atom is 0.0828 e. The van der Waals surface area contributed by atoms with E-state index < -0.39 is 0 Å². The quantitative estimate of drug-likeness (QED) is 0.598. The summed E-state index contributed by atoms with van der Waals surface area (Å²) in [4.78, 5) is 0. The molecule has 1 nitrogen and oxygen atoms in total. The topological polar surface area (TPSA) is 9.23 Å². The van der Waals surface area contributed by atoms with Crippen molar-refractivity contribution >= 4 is 15.9 Å². The van der Waals surface area contributed by atoms with E-state index in [0.717, 1.165) is 11.9 Å². The van der Waals surface area contributed by atoms with Gasteiger partial charge in [0.2, 0.25) is 0 Å². The summed E-state index contributed by atoms with van der Waals surface area (Å²) >= 11 is 3.41. The van der Waals surface area contributed by atoms with Crippen molar-refractivity contribution < 1.29 is 4.74 Å². The molecule has 0 radical (unpaired) electrons. The molecule has 1 aromatic carbocycles. The Kier molecular flexibility index (Phi) is 4.21. The molecule has 1 unspecified atom stereocenters. The molecule has 0 spiro atoms. The molecule has 15 heavy (non-hydrogen) atoms. The van der Waals surface area contributed by atoms with Crippen molar-refractivity contribution in [2.45, 2.75) is 31.8 Å². The Hall–Kier alpha value is -0.340. The molecule has 2 heteroatoms. The third kappa shape index (κ3) is 2.82. The van der Waals surface area contributed by atoms with Gasteiger partial charge in [0.1, 0.15) is 0 Å². The molecule has 1 aliphatic carbocycles. The maximum absolute atomic E-state index is 5.89. The Balaban J connectivity index is 2.17. The normalized spacial score (nSPS) is 20.7. The zero-order chi connectivity index (χ0) is 10.5. The molecule has 0 fully saturated rings. The van der Waals surface area contributed by atoms with Crippen LogP contribution in [-0.2, 0) is 11.2 Å². The second-order valence-electron chi connectivity index (χ2n) is 3.99. The standard InChI is InChI=1S/C13H17BrO/c14-9-10-15-13-8-4-2-6-11-5-1-3-7-12(11)13/h1,3,5,7,13H,2,4,6,8-10H2. The molecule has 0 saturated carbocycles. The fourth-order valence-corrected chi connectivity index (χ4v) is 2.42. The van der Waals surface area contributed by atoms with E-state index in [1.54, 1.807) is 0 Å². The molecule has 1 aromatic rings. The highest BCUT2D eigenvalue weighted by Crippen LogP contribution is 2.31. The highest BCUT2D eigenvalue weighted by Gasteiger charge is 2.18. The molecule has 0 aromatic heterocycles. The summed E-state index contributed by atoms with van der Waals surface area (Å²) in [5, 5.41) is 0.922. The van der Waals surface area contributed by atoms with Crippen LogP contribution in [0.3, 0.4) is 0 Å². The van der Waals surface area contributed by atoms with Crippen LogP contribution in [0.25, 0.3) is 0 Å². The van der Waals surface area contributed by atoms with Crippen molar-refractivity contribution in [2.75, 3.05) is 11.9 Å². The zero-order valence-corrected chi connectivity index (χ0v) is 10.5. The van der Waals surface area contributed by atoms with Crippen molar-refractivity contribution in [3.8, 4) is 0 Å². The Labute approximate surface area is 100.0 Å². The number of benzene rings is 1. The molecule has 0 N–H and O–H groups in total. The van der Waals surface area contributed by atoms with Gasteiger partial charge in [0.15, 0.2) is 0 Å². The van der Waals surface area contributed by atoms with Gasteiger partial charge < -0.3 is 4.74 Å². The molecule has 0 aliphatic heterocycles. The number of ether oxygens (including phenoxy) is 1. The third-order valence-electron chi connectivity index (χ3n) is 2.96. The summed E-state index contributed by atoms with van der Waals surface area (Å²) in [6.07, 6.45) is 5.28. The summed E-state index contributed by atoms with van der Waals surface area (Å²) in [6, 6.07) is 8.71. The first-order chi connectivity index (χ1) is 7.42. The van der Waals surface area contributed by atoms with Crippen LogP contribution in [0.1, 0.15) is 36.5 Å². The van der Waals surface area contributed by atoms with E-state index in [1.165, 1.54) is 36.8 Å². The number of hydrogen-bond acceptors (Lipinski definition) is 1. The molecule has 0 amide bonds. The Morgan fingerprint density at radius 3 is 3.00 bits per heavy atom. The second-order valence-corrected chi connectivity index (χ2v) is 4.79. The molecule has 82 valence electrons. The SMILES string of the molecule is BrCCOC1CCCCc2ccccc21. The van der Waals surface area contributed by atoms with E-state index in [-0.39, 0.29) is 0 Å². The van der Waals surface area contributed by atoms with E-state index in [1.807, 2.05) is 0 Å². The number of aryl methyl sites for hydroxylation is 1. The van der Waals surface area contributed by atoms with Crippen LogP contribution in [0.5, 0.6) is 0 Å². The van der Waals surface area contributed by atoms with E-state index >= 15 is 0 Å². The van der Waals surface area contributed by atoms with Gasteiger partial charge in [-0.1, -0.05) is 46.6 Å². The Bertz CT molecular complexity index is 311. The van der Waals surface area contributed by atoms with Crippen LogP contribution in [0.4, 0.5) is 0 Å². The monoisotopic (exact) mass is 268 g/mol. The van der Waals surface area contributed by atoms with Gasteiger partial charge in [-0.05, 0) is 30.4 Å². The smallest absolute Gasteiger partial charge is 0.0828 e. The fourth-order valence-electron chi connectivity index (χ4n) is 2.24. The largest absolute Gasteiger partial charge is 0.373 e. The first-order valence-electron chi connectivity index (χ1n) is 5.67. The molecule has 0 bridgehead atoms. The second kappa shape index (κ2) is 5.66. The lowest BCUT2D eigenvalue weighted by Crippen LogP contribution is -2.06. The Morgan fingerprint density at radius 2 is 2.13 bits per heavy atom. The summed E-state index contributed by atoms with van der Waals surface area (Å²) in [5.41, 5.74) is 2.89. The number of alkyl halides is 1. The van der Waals surface area contributed by atoms with Crippen LogP contribution in [0.15, 0.2) is 24.3 Å². The average Bonchev–Trinajstić information content (AvgIpc) is 2.49. The summed E-state index contributed by atoms with van der Waals surface area (Å²) in [5.74, 6) is 0. The highest BCUT2D eigenvalue weighted by atomic mass is 79.9. The van der Waals surface area contributed by atoms with Gasteiger partial charge in [-0.15, -0.1) is 0 Å². The molecular formula is C13H17BrO. The van der Waals surface area contributed by atoms with Crippen LogP contribution in [0.2, 0.25) is 0 Å². The number of rotatable bonds is 3. The van der Waals surface area contributed by atoms with Crippen molar-refractivity contribution in [3.63, 3.8) is 0 Å². The first kappa shape index (κ1) is 11.2. The van der Waals surface area contributed by atoms with Gasteiger partial charge >= 0.3 is 0 Å². The predicted molar refractivity (Wildman–Crippen MR) is 66.5 cm³/mol. The minimum atomic E-state index is 0.321. The molecular weight excluding hydrogens is 252 g/mol. The predicted octanol–water partition coefficient (Wildman–Crippen LogP) is 3.87. The highest BCUT2D eigenvalue weighted by molar-refractivity contribution is 9.09. The van der Waals surface area contributed by atoms with Crippen molar-refractivity contribution in [1.82, 2.24) is 0 Å². The van der Waals surface area contributed by atoms with E-state index in [2.05, 4.69) is 40.2 Å². The lowest BCUT2D eigenvalue weighted by Gasteiger charge is -2.17. The molecule has 1 atom stereocenters. The minimum absolute atomic E-state index is 0.321. The maximum atomic E-state index is 5.89. The number of halogens is 1. The molecule has 1 aliphatic rings. The summed E-state index contributed by atoms with van der Waals surface area (Å²) in [6.45, 7) is 0.805. The number of hydrogen-bond donors (Lipinski definition) is 0. The summed E-state index contributed by atoms with van der Waals surface area (Å²) in [7, 11) is 0. The van der Waals surface area contributed by atoms with Gasteiger partial charge in [-0.25, -0.2) is 0 Å². The van der Waals surface area contributed by atoms with Gasteiger partial charge in [0.05, 0.1) is 12.7 Å². The Morgan fingerprint density at radius 1 is 1.27 bits per heavy atom. The van der Waals surface area contributed by atoms with Crippen molar-refractivity contribution in [3.05, 3.63) is 35.4 Å². The minimum Gasteiger partial charge on any atom is -0.373 e. The van der Waals surface area contributed by atoms with Crippen LogP contribution >= 0.6 is 15.9 Å². The lowest BCUT2D eigenvalue weighted by atomic mass is 10.0. The van der Waals surface area contributed by atoms with Gasteiger partial charge in [-0.2, -0.15) is 0 Å². The van der Waals surface area contributed by atoms with Crippen LogP contribution in [0, 0.1) is 0 Å². The summed E-state index contributed by atoms with van der Waals surface area (Å²) < 4.78 is 5.89. The van der Waals surface area contributed by atoms with Crippen molar-refractivity contribution in [1.29, 1.82) is 0 Å². The van der Waals surface area contributed by atoms with E-state index in [0.29, 0.717) is 6.10 Å². The van der Waals surface area contributed by atoms with E-state index in [4.69, 9.17) is 4.74 Å². The lowest BCUT2D eigenvalue weighted by molar-refractivity contribution is 0.0582. The van der Waals surface area contributed by atoms with Crippen LogP contribution in [-0.4, -0.2) is 11.9 Å². The van der Waals surface area contributed by atoms with Gasteiger partial charge in [0, 0.05) is 5.33 Å². The van der Waals surface area contributed by atoms with Gasteiger partial charge in [0.25, 0.3) is 0 Å². The van der Waals surface area contributed by atoms with Crippen LogP contribution < -0.4 is 0 Å². The average molecular weight is 269 g/mol.